The first-order chi connectivity index (χ1) is 8.16. The molecule has 0 spiro atoms. The summed E-state index contributed by atoms with van der Waals surface area (Å²) >= 11 is 0. The van der Waals surface area contributed by atoms with Gasteiger partial charge in [-0.2, -0.15) is 0 Å². The summed E-state index contributed by atoms with van der Waals surface area (Å²) < 4.78 is 5.14. The van der Waals surface area contributed by atoms with Gasteiger partial charge in [-0.1, -0.05) is 0 Å². The van der Waals surface area contributed by atoms with Gasteiger partial charge in [0.25, 0.3) is 0 Å². The molecule has 8 heteroatoms. The summed E-state index contributed by atoms with van der Waals surface area (Å²) in [6.45, 7) is 3.68. The third-order valence-electron chi connectivity index (χ3n) is 2.00. The van der Waals surface area contributed by atoms with E-state index >= 15 is 0 Å². The van der Waals surface area contributed by atoms with E-state index in [4.69, 9.17) is 10.5 Å². The number of nitrogen functional groups attached to an aromatic ring is 1. The highest BCUT2D eigenvalue weighted by molar-refractivity contribution is 5.67. The molecule has 1 aromatic heterocycles. The lowest BCUT2D eigenvalue weighted by molar-refractivity contribution is -0.383. The zero-order chi connectivity index (χ0) is 12.7. The fourth-order valence-electron chi connectivity index (χ4n) is 1.23. The molecule has 0 atom stereocenters. The van der Waals surface area contributed by atoms with Crippen molar-refractivity contribution in [1.29, 1.82) is 0 Å². The molecule has 0 bridgehead atoms. The summed E-state index contributed by atoms with van der Waals surface area (Å²) in [6, 6.07) is 0. The second kappa shape index (κ2) is 6.59. The monoisotopic (exact) mass is 241 g/mol. The Labute approximate surface area is 98.4 Å². The largest absolute Gasteiger partial charge is 0.382 e. The van der Waals surface area contributed by atoms with Crippen molar-refractivity contribution in [3.05, 3.63) is 16.4 Å². The summed E-state index contributed by atoms with van der Waals surface area (Å²) in [4.78, 5) is 17.5. The molecule has 0 saturated heterocycles. The van der Waals surface area contributed by atoms with E-state index in [9.17, 15) is 10.1 Å². The van der Waals surface area contributed by atoms with Gasteiger partial charge in [-0.25, -0.2) is 9.97 Å². The molecule has 0 saturated carbocycles. The van der Waals surface area contributed by atoms with Crippen LogP contribution in [0.5, 0.6) is 0 Å². The number of nitrogens with one attached hydrogen (secondary N) is 1. The quantitative estimate of drug-likeness (QED) is 0.412. The fraction of sp³-hybridized carbons (Fsp3) is 0.556. The fourth-order valence-corrected chi connectivity index (χ4v) is 1.23. The van der Waals surface area contributed by atoms with Crippen LogP contribution in [0.3, 0.4) is 0 Å². The highest BCUT2D eigenvalue weighted by Crippen LogP contribution is 2.25. The van der Waals surface area contributed by atoms with Crippen LogP contribution in [0.25, 0.3) is 0 Å². The molecule has 0 radical (unpaired) electrons. The SMILES string of the molecule is CCOCCCNc1ncnc(N)c1[N+](=O)[O-]. The highest BCUT2D eigenvalue weighted by Gasteiger charge is 2.20. The lowest BCUT2D eigenvalue weighted by Crippen LogP contribution is -2.10. The topological polar surface area (TPSA) is 116 Å². The molecule has 0 amide bonds. The smallest absolute Gasteiger partial charge is 0.352 e. The maximum absolute atomic E-state index is 10.8. The van der Waals surface area contributed by atoms with Gasteiger partial charge in [-0.15, -0.1) is 0 Å². The van der Waals surface area contributed by atoms with E-state index in [0.29, 0.717) is 19.8 Å². The van der Waals surface area contributed by atoms with E-state index in [1.165, 1.54) is 6.33 Å². The Morgan fingerprint density at radius 3 is 3.00 bits per heavy atom. The van der Waals surface area contributed by atoms with Crippen molar-refractivity contribution in [3.63, 3.8) is 0 Å². The summed E-state index contributed by atoms with van der Waals surface area (Å²) in [5.41, 5.74) is 5.13. The zero-order valence-electron chi connectivity index (χ0n) is 9.55. The highest BCUT2D eigenvalue weighted by atomic mass is 16.6. The number of hydrogen-bond donors (Lipinski definition) is 2. The number of nitro groups is 1. The number of nitrogens with two attached hydrogens (primary N) is 1. The molecule has 1 rings (SSSR count). The Morgan fingerprint density at radius 2 is 2.35 bits per heavy atom. The lowest BCUT2D eigenvalue weighted by Gasteiger charge is -2.06. The van der Waals surface area contributed by atoms with E-state index in [2.05, 4.69) is 15.3 Å². The molecule has 8 nitrogen and oxygen atoms in total. The molecule has 0 aliphatic rings. The maximum atomic E-state index is 10.8. The average molecular weight is 241 g/mol. The van der Waals surface area contributed by atoms with Crippen molar-refractivity contribution in [3.8, 4) is 0 Å². The molecular formula is C9H15N5O3. The molecule has 17 heavy (non-hydrogen) atoms. The van der Waals surface area contributed by atoms with Crippen LogP contribution in [-0.4, -0.2) is 34.6 Å². The van der Waals surface area contributed by atoms with Crippen LogP contribution in [0.4, 0.5) is 17.3 Å². The van der Waals surface area contributed by atoms with E-state index in [1.54, 1.807) is 0 Å². The van der Waals surface area contributed by atoms with Gasteiger partial charge < -0.3 is 15.8 Å². The van der Waals surface area contributed by atoms with Gasteiger partial charge in [0.05, 0.1) is 4.92 Å². The molecule has 0 aromatic carbocycles. The van der Waals surface area contributed by atoms with Crippen molar-refractivity contribution < 1.29 is 9.66 Å². The summed E-state index contributed by atoms with van der Waals surface area (Å²) in [5, 5.41) is 13.6. The van der Waals surface area contributed by atoms with Crippen molar-refractivity contribution in [2.24, 2.45) is 0 Å². The Kier molecular flexibility index (Phi) is 5.08. The first kappa shape index (κ1) is 13.1. The lowest BCUT2D eigenvalue weighted by atomic mass is 10.4. The van der Waals surface area contributed by atoms with Crippen molar-refractivity contribution in [2.45, 2.75) is 13.3 Å². The first-order valence-electron chi connectivity index (χ1n) is 5.23. The number of rotatable bonds is 7. The van der Waals surface area contributed by atoms with Crippen LogP contribution in [0.1, 0.15) is 13.3 Å². The Balaban J connectivity index is 2.58. The van der Waals surface area contributed by atoms with Crippen molar-refractivity contribution in [2.75, 3.05) is 30.8 Å². The zero-order valence-corrected chi connectivity index (χ0v) is 9.55. The molecule has 0 aliphatic heterocycles. The Bertz CT molecular complexity index is 385. The minimum atomic E-state index is -0.597. The van der Waals surface area contributed by atoms with Gasteiger partial charge in [-0.05, 0) is 13.3 Å². The van der Waals surface area contributed by atoms with Crippen molar-refractivity contribution >= 4 is 17.3 Å². The molecule has 0 unspecified atom stereocenters. The number of hydrogen-bond acceptors (Lipinski definition) is 7. The molecular weight excluding hydrogens is 226 g/mol. The van der Waals surface area contributed by atoms with Crippen LogP contribution in [0.15, 0.2) is 6.33 Å². The van der Waals surface area contributed by atoms with Crippen LogP contribution in [0.2, 0.25) is 0 Å². The van der Waals surface area contributed by atoms with Gasteiger partial charge >= 0.3 is 5.69 Å². The average Bonchev–Trinajstić information content (AvgIpc) is 2.28. The van der Waals surface area contributed by atoms with Gasteiger partial charge in [0.1, 0.15) is 6.33 Å². The van der Waals surface area contributed by atoms with E-state index in [-0.39, 0.29) is 17.3 Å². The third-order valence-corrected chi connectivity index (χ3v) is 2.00. The van der Waals surface area contributed by atoms with Crippen LogP contribution >= 0.6 is 0 Å². The normalized spacial score (nSPS) is 10.2. The van der Waals surface area contributed by atoms with Gasteiger partial charge in [-0.3, -0.25) is 10.1 Å². The summed E-state index contributed by atoms with van der Waals surface area (Å²) in [5.74, 6) is -0.00342. The second-order valence-electron chi connectivity index (χ2n) is 3.19. The van der Waals surface area contributed by atoms with Crippen LogP contribution in [0, 0.1) is 10.1 Å². The second-order valence-corrected chi connectivity index (χ2v) is 3.19. The van der Waals surface area contributed by atoms with Crippen LogP contribution in [-0.2, 0) is 4.74 Å². The Hall–Kier alpha value is -1.96. The van der Waals surface area contributed by atoms with Crippen LogP contribution < -0.4 is 11.1 Å². The molecule has 1 aromatic rings. The number of nitrogens with zero attached hydrogens (tertiary/aromatic N) is 3. The number of aromatic nitrogens is 2. The van der Waals surface area contributed by atoms with Crippen molar-refractivity contribution in [1.82, 2.24) is 9.97 Å². The van der Waals surface area contributed by atoms with E-state index < -0.39 is 4.92 Å². The molecule has 0 aliphatic carbocycles. The number of ether oxygens (including phenoxy) is 1. The summed E-state index contributed by atoms with van der Waals surface area (Å²) in [6.07, 6.45) is 1.92. The van der Waals surface area contributed by atoms with Gasteiger partial charge in [0.2, 0.25) is 11.6 Å². The Morgan fingerprint density at radius 1 is 1.59 bits per heavy atom. The standard InChI is InChI=1S/C9H15N5O3/c1-2-17-5-3-4-11-9-7(14(15)16)8(10)12-6-13-9/h6H,2-5H2,1H3,(H3,10,11,12,13). The predicted octanol–water partition coefficient (Wildman–Crippen LogP) is 0.806. The molecule has 1 heterocycles. The van der Waals surface area contributed by atoms with Gasteiger partial charge in [0, 0.05) is 19.8 Å². The number of anilines is 2. The minimum absolute atomic E-state index is 0.138. The van der Waals surface area contributed by atoms with E-state index in [0.717, 1.165) is 6.42 Å². The maximum Gasteiger partial charge on any atom is 0.352 e. The third kappa shape index (κ3) is 3.83. The molecule has 3 N–H and O–H groups in total. The van der Waals surface area contributed by atoms with Gasteiger partial charge in [0.15, 0.2) is 0 Å². The molecule has 0 fully saturated rings. The summed E-state index contributed by atoms with van der Waals surface area (Å²) in [7, 11) is 0. The first-order valence-corrected chi connectivity index (χ1v) is 5.23. The predicted molar refractivity (Wildman–Crippen MR) is 62.7 cm³/mol. The van der Waals surface area contributed by atoms with E-state index in [1.807, 2.05) is 6.92 Å². The molecule has 94 valence electrons. The minimum Gasteiger partial charge on any atom is -0.382 e.